The molecule has 0 atom stereocenters. The third kappa shape index (κ3) is 2.51. The molecule has 2 rings (SSSR count). The molecule has 0 aliphatic rings. The molecule has 0 amide bonds. The van der Waals surface area contributed by atoms with E-state index in [0.29, 0.717) is 6.04 Å². The summed E-state index contributed by atoms with van der Waals surface area (Å²) in [5.41, 5.74) is 2.32. The first-order valence-electron chi connectivity index (χ1n) is 6.38. The fourth-order valence-corrected chi connectivity index (χ4v) is 2.67. The Kier molecular flexibility index (Phi) is 4.23. The van der Waals surface area contributed by atoms with Crippen LogP contribution in [0, 0.1) is 0 Å². The molecule has 0 radical (unpaired) electrons. The van der Waals surface area contributed by atoms with Gasteiger partial charge < -0.3 is 4.90 Å². The van der Waals surface area contributed by atoms with E-state index >= 15 is 0 Å². The van der Waals surface area contributed by atoms with E-state index in [9.17, 15) is 0 Å². The van der Waals surface area contributed by atoms with E-state index in [1.807, 2.05) is 6.07 Å². The standard InChI is InChI=1S/C15H19BrN2/c1-4-18(11(2)3)15-13(10-16)9-12-7-5-6-8-14(12)17-15/h5-9,11H,4,10H2,1-3H3. The molecule has 0 spiro atoms. The van der Waals surface area contributed by atoms with Crippen molar-refractivity contribution in [1.82, 2.24) is 4.98 Å². The van der Waals surface area contributed by atoms with Crippen LogP contribution in [-0.4, -0.2) is 17.6 Å². The molecule has 2 nitrogen and oxygen atoms in total. The summed E-state index contributed by atoms with van der Waals surface area (Å²) in [5.74, 6) is 1.10. The molecule has 1 aromatic heterocycles. The van der Waals surface area contributed by atoms with Gasteiger partial charge in [-0.25, -0.2) is 4.98 Å². The van der Waals surface area contributed by atoms with Crippen molar-refractivity contribution in [3.63, 3.8) is 0 Å². The fourth-order valence-electron chi connectivity index (χ4n) is 2.26. The lowest BCUT2D eigenvalue weighted by atomic mass is 10.1. The molecule has 2 aromatic rings. The second-order valence-corrected chi connectivity index (χ2v) is 5.24. The first kappa shape index (κ1) is 13.3. The van der Waals surface area contributed by atoms with Crippen LogP contribution in [-0.2, 0) is 5.33 Å². The third-order valence-electron chi connectivity index (χ3n) is 3.16. The van der Waals surface area contributed by atoms with Gasteiger partial charge in [0.25, 0.3) is 0 Å². The molecule has 0 fully saturated rings. The molecular weight excluding hydrogens is 288 g/mol. The maximum atomic E-state index is 4.83. The second kappa shape index (κ2) is 5.70. The van der Waals surface area contributed by atoms with Gasteiger partial charge in [-0.05, 0) is 32.9 Å². The van der Waals surface area contributed by atoms with E-state index in [-0.39, 0.29) is 0 Å². The number of alkyl halides is 1. The van der Waals surface area contributed by atoms with Crippen molar-refractivity contribution in [2.24, 2.45) is 0 Å². The molecule has 18 heavy (non-hydrogen) atoms. The Labute approximate surface area is 117 Å². The number of hydrogen-bond acceptors (Lipinski definition) is 2. The van der Waals surface area contributed by atoms with E-state index in [1.54, 1.807) is 0 Å². The number of benzene rings is 1. The molecule has 0 aliphatic carbocycles. The minimum Gasteiger partial charge on any atom is -0.354 e. The summed E-state index contributed by atoms with van der Waals surface area (Å²) in [7, 11) is 0. The normalized spacial score (nSPS) is 11.2. The predicted molar refractivity (Wildman–Crippen MR) is 82.5 cm³/mol. The number of fused-ring (bicyclic) bond motifs is 1. The average Bonchev–Trinajstić information content (AvgIpc) is 2.38. The van der Waals surface area contributed by atoms with E-state index in [0.717, 1.165) is 23.2 Å². The first-order chi connectivity index (χ1) is 8.67. The predicted octanol–water partition coefficient (Wildman–Crippen LogP) is 4.36. The summed E-state index contributed by atoms with van der Waals surface area (Å²) >= 11 is 3.57. The summed E-state index contributed by atoms with van der Waals surface area (Å²) in [6.45, 7) is 7.56. The van der Waals surface area contributed by atoms with Gasteiger partial charge >= 0.3 is 0 Å². The van der Waals surface area contributed by atoms with Crippen molar-refractivity contribution < 1.29 is 0 Å². The zero-order chi connectivity index (χ0) is 13.1. The minimum atomic E-state index is 0.460. The summed E-state index contributed by atoms with van der Waals surface area (Å²) < 4.78 is 0. The highest BCUT2D eigenvalue weighted by molar-refractivity contribution is 9.08. The Morgan fingerprint density at radius 2 is 2.00 bits per heavy atom. The molecule has 0 saturated carbocycles. The van der Waals surface area contributed by atoms with Crippen molar-refractivity contribution in [3.05, 3.63) is 35.9 Å². The molecule has 1 heterocycles. The number of hydrogen-bond donors (Lipinski definition) is 0. The number of pyridine rings is 1. The molecule has 0 bridgehead atoms. The zero-order valence-electron chi connectivity index (χ0n) is 11.2. The van der Waals surface area contributed by atoms with Gasteiger partial charge in [0.05, 0.1) is 5.52 Å². The fraction of sp³-hybridized carbons (Fsp3) is 0.400. The van der Waals surface area contributed by atoms with Gasteiger partial charge in [-0.1, -0.05) is 34.1 Å². The molecule has 1 aromatic carbocycles. The van der Waals surface area contributed by atoms with Crippen molar-refractivity contribution in [2.75, 3.05) is 11.4 Å². The summed E-state index contributed by atoms with van der Waals surface area (Å²) in [4.78, 5) is 7.17. The van der Waals surface area contributed by atoms with E-state index in [4.69, 9.17) is 4.98 Å². The van der Waals surface area contributed by atoms with E-state index in [2.05, 4.69) is 65.9 Å². The number of anilines is 1. The van der Waals surface area contributed by atoms with Crippen molar-refractivity contribution in [3.8, 4) is 0 Å². The number of aromatic nitrogens is 1. The Balaban J connectivity index is 2.60. The van der Waals surface area contributed by atoms with Crippen LogP contribution in [0.15, 0.2) is 30.3 Å². The summed E-state index contributed by atoms with van der Waals surface area (Å²) in [5, 5.41) is 2.04. The smallest absolute Gasteiger partial charge is 0.133 e. The minimum absolute atomic E-state index is 0.460. The maximum absolute atomic E-state index is 4.83. The van der Waals surface area contributed by atoms with Gasteiger partial charge in [0.2, 0.25) is 0 Å². The number of para-hydroxylation sites is 1. The molecule has 96 valence electrons. The Morgan fingerprint density at radius 1 is 1.28 bits per heavy atom. The zero-order valence-corrected chi connectivity index (χ0v) is 12.7. The van der Waals surface area contributed by atoms with Crippen LogP contribution in [0.5, 0.6) is 0 Å². The van der Waals surface area contributed by atoms with Crippen LogP contribution in [0.2, 0.25) is 0 Å². The Morgan fingerprint density at radius 3 is 2.61 bits per heavy atom. The Bertz CT molecular complexity index is 537. The largest absolute Gasteiger partial charge is 0.354 e. The van der Waals surface area contributed by atoms with Crippen LogP contribution in [0.4, 0.5) is 5.82 Å². The van der Waals surface area contributed by atoms with Crippen LogP contribution < -0.4 is 4.90 Å². The van der Waals surface area contributed by atoms with Crippen LogP contribution in [0.25, 0.3) is 10.9 Å². The third-order valence-corrected chi connectivity index (χ3v) is 3.76. The highest BCUT2D eigenvalue weighted by Gasteiger charge is 2.14. The lowest BCUT2D eigenvalue weighted by Crippen LogP contribution is -2.32. The van der Waals surface area contributed by atoms with E-state index < -0.39 is 0 Å². The molecule has 0 N–H and O–H groups in total. The SMILES string of the molecule is CCN(c1nc2ccccc2cc1CBr)C(C)C. The van der Waals surface area contributed by atoms with Gasteiger partial charge in [0.1, 0.15) is 5.82 Å². The summed E-state index contributed by atoms with van der Waals surface area (Å²) in [6, 6.07) is 11.0. The highest BCUT2D eigenvalue weighted by atomic mass is 79.9. The highest BCUT2D eigenvalue weighted by Crippen LogP contribution is 2.26. The van der Waals surface area contributed by atoms with Gasteiger partial charge in [0, 0.05) is 28.9 Å². The Hall–Kier alpha value is -1.09. The molecule has 0 aliphatic heterocycles. The van der Waals surface area contributed by atoms with Crippen LogP contribution in [0.3, 0.4) is 0 Å². The van der Waals surface area contributed by atoms with Gasteiger partial charge in [0.15, 0.2) is 0 Å². The van der Waals surface area contributed by atoms with Gasteiger partial charge in [-0.3, -0.25) is 0 Å². The van der Waals surface area contributed by atoms with Gasteiger partial charge in [-0.2, -0.15) is 0 Å². The first-order valence-corrected chi connectivity index (χ1v) is 7.50. The van der Waals surface area contributed by atoms with Crippen LogP contribution in [0.1, 0.15) is 26.3 Å². The second-order valence-electron chi connectivity index (χ2n) is 4.68. The van der Waals surface area contributed by atoms with Crippen molar-refractivity contribution in [2.45, 2.75) is 32.1 Å². The van der Waals surface area contributed by atoms with Crippen molar-refractivity contribution >= 4 is 32.7 Å². The monoisotopic (exact) mass is 306 g/mol. The van der Waals surface area contributed by atoms with Crippen LogP contribution >= 0.6 is 15.9 Å². The lowest BCUT2D eigenvalue weighted by molar-refractivity contribution is 0.692. The summed E-state index contributed by atoms with van der Waals surface area (Å²) in [6.07, 6.45) is 0. The topological polar surface area (TPSA) is 16.1 Å². The number of nitrogens with zero attached hydrogens (tertiary/aromatic N) is 2. The van der Waals surface area contributed by atoms with E-state index in [1.165, 1.54) is 10.9 Å². The quantitative estimate of drug-likeness (QED) is 0.780. The molecule has 0 saturated heterocycles. The maximum Gasteiger partial charge on any atom is 0.133 e. The lowest BCUT2D eigenvalue weighted by Gasteiger charge is -2.28. The average molecular weight is 307 g/mol. The van der Waals surface area contributed by atoms with Gasteiger partial charge in [-0.15, -0.1) is 0 Å². The number of rotatable bonds is 4. The molecule has 3 heteroatoms. The number of halogens is 1. The molecular formula is C15H19BrN2. The molecule has 0 unspecified atom stereocenters. The van der Waals surface area contributed by atoms with Crippen molar-refractivity contribution in [1.29, 1.82) is 0 Å².